The molecule has 32 heavy (non-hydrogen) atoms. The molecular weight excluding hydrogens is 432 g/mol. The molecule has 9 nitrogen and oxygen atoms in total. The summed E-state index contributed by atoms with van der Waals surface area (Å²) < 4.78 is 32.6. The van der Waals surface area contributed by atoms with E-state index in [1.54, 1.807) is 48.8 Å². The van der Waals surface area contributed by atoms with Gasteiger partial charge in [-0.3, -0.25) is 4.79 Å². The molecule has 0 bridgehead atoms. The van der Waals surface area contributed by atoms with Crippen molar-refractivity contribution in [1.29, 1.82) is 0 Å². The van der Waals surface area contributed by atoms with E-state index in [-0.39, 0.29) is 23.4 Å². The van der Waals surface area contributed by atoms with Crippen molar-refractivity contribution in [2.45, 2.75) is 52.0 Å². The van der Waals surface area contributed by atoms with Crippen molar-refractivity contribution in [3.8, 4) is 0 Å². The van der Waals surface area contributed by atoms with E-state index in [0.717, 1.165) is 0 Å². The van der Waals surface area contributed by atoms with Crippen molar-refractivity contribution in [3.05, 3.63) is 23.8 Å². The minimum Gasteiger partial charge on any atom is -0.444 e. The van der Waals surface area contributed by atoms with Gasteiger partial charge in [-0.2, -0.15) is 4.31 Å². The van der Waals surface area contributed by atoms with Gasteiger partial charge in [0.05, 0.1) is 11.4 Å². The number of piperazine rings is 1. The smallest absolute Gasteiger partial charge is 0.410 e. The van der Waals surface area contributed by atoms with Gasteiger partial charge in [-0.1, -0.05) is 19.9 Å². The van der Waals surface area contributed by atoms with E-state index < -0.39 is 15.6 Å². The van der Waals surface area contributed by atoms with Crippen molar-refractivity contribution in [3.63, 3.8) is 0 Å². The highest BCUT2D eigenvalue weighted by Gasteiger charge is 2.28. The first-order valence-corrected chi connectivity index (χ1v) is 12.4. The Morgan fingerprint density at radius 2 is 1.62 bits per heavy atom. The fourth-order valence-corrected chi connectivity index (χ4v) is 5.15. The first-order chi connectivity index (χ1) is 14.9. The molecule has 180 valence electrons. The molecule has 0 atom stereocenters. The average molecular weight is 469 g/mol. The van der Waals surface area contributed by atoms with Crippen LogP contribution in [0.2, 0.25) is 0 Å². The van der Waals surface area contributed by atoms with E-state index >= 15 is 0 Å². The highest BCUT2D eigenvalue weighted by molar-refractivity contribution is 7.89. The fourth-order valence-electron chi connectivity index (χ4n) is 3.44. The topological polar surface area (TPSA) is 99.3 Å². The molecule has 1 aliphatic rings. The minimum atomic E-state index is -3.59. The second-order valence-corrected chi connectivity index (χ2v) is 10.7. The molecule has 2 amide bonds. The zero-order valence-electron chi connectivity index (χ0n) is 20.0. The van der Waals surface area contributed by atoms with Crippen LogP contribution in [0.15, 0.2) is 23.1 Å². The van der Waals surface area contributed by atoms with E-state index in [2.05, 4.69) is 5.32 Å². The summed E-state index contributed by atoms with van der Waals surface area (Å²) in [6, 6.07) is 5.09. The number of ether oxygens (including phenoxy) is 1. The monoisotopic (exact) mass is 468 g/mol. The summed E-state index contributed by atoms with van der Waals surface area (Å²) in [4.78, 5) is 28.3. The summed E-state index contributed by atoms with van der Waals surface area (Å²) in [6.45, 7) is 13.3. The Labute approximate surface area is 191 Å². The first-order valence-electron chi connectivity index (χ1n) is 11.0. The quantitative estimate of drug-likeness (QED) is 0.660. The predicted molar refractivity (Wildman–Crippen MR) is 124 cm³/mol. The van der Waals surface area contributed by atoms with Gasteiger partial charge in [0.2, 0.25) is 15.9 Å². The van der Waals surface area contributed by atoms with Crippen LogP contribution in [0, 0.1) is 6.92 Å². The van der Waals surface area contributed by atoms with Gasteiger partial charge in [0, 0.05) is 45.0 Å². The third kappa shape index (κ3) is 6.59. The Kier molecular flexibility index (Phi) is 8.53. The maximum Gasteiger partial charge on any atom is 0.410 e. The third-order valence-corrected chi connectivity index (χ3v) is 7.43. The van der Waals surface area contributed by atoms with Crippen molar-refractivity contribution < 1.29 is 22.7 Å². The second-order valence-electron chi connectivity index (χ2n) is 8.77. The molecule has 2 rings (SSSR count). The highest BCUT2D eigenvalue weighted by atomic mass is 32.2. The lowest BCUT2D eigenvalue weighted by molar-refractivity contribution is -0.131. The molecule has 1 aromatic rings. The van der Waals surface area contributed by atoms with Crippen molar-refractivity contribution in [1.82, 2.24) is 14.1 Å². The summed E-state index contributed by atoms with van der Waals surface area (Å²) in [5, 5.41) is 3.04. The molecule has 1 fully saturated rings. The SMILES string of the molecule is CCN(CC)S(=O)(=O)c1cc(NCC(=O)N2CCN(C(=O)OC(C)(C)C)CC2)ccc1C. The van der Waals surface area contributed by atoms with Crippen LogP contribution in [-0.4, -0.2) is 85.9 Å². The molecular formula is C22H36N4O5S. The Morgan fingerprint density at radius 1 is 1.06 bits per heavy atom. The van der Waals surface area contributed by atoms with Crippen molar-refractivity contribution in [2.24, 2.45) is 0 Å². The Hall–Kier alpha value is -2.33. The number of rotatable bonds is 7. The van der Waals surface area contributed by atoms with Crippen LogP contribution in [0.3, 0.4) is 0 Å². The van der Waals surface area contributed by atoms with Gasteiger partial charge in [-0.05, 0) is 45.4 Å². The molecule has 0 radical (unpaired) electrons. The van der Waals surface area contributed by atoms with Gasteiger partial charge >= 0.3 is 6.09 Å². The van der Waals surface area contributed by atoms with E-state index in [1.807, 2.05) is 20.8 Å². The maximum atomic E-state index is 12.9. The molecule has 10 heteroatoms. The molecule has 1 N–H and O–H groups in total. The lowest BCUT2D eigenvalue weighted by atomic mass is 10.2. The Balaban J connectivity index is 1.96. The van der Waals surface area contributed by atoms with Crippen LogP contribution >= 0.6 is 0 Å². The third-order valence-electron chi connectivity index (χ3n) is 5.24. The number of amides is 2. The van der Waals surface area contributed by atoms with Gasteiger partial charge in [0.15, 0.2) is 0 Å². The number of nitrogens with zero attached hydrogens (tertiary/aromatic N) is 3. The normalized spacial score (nSPS) is 15.1. The number of carbonyl (C=O) groups excluding carboxylic acids is 2. The van der Waals surface area contributed by atoms with Gasteiger partial charge in [0.25, 0.3) is 0 Å². The average Bonchev–Trinajstić information content (AvgIpc) is 2.72. The van der Waals surface area contributed by atoms with E-state index in [0.29, 0.717) is 50.5 Å². The minimum absolute atomic E-state index is 0.0419. The standard InChI is InChI=1S/C22H36N4O5S/c1-7-26(8-2)32(29,30)19-15-18(10-9-17(19)3)23-16-20(27)24-11-13-25(14-12-24)21(28)31-22(4,5)6/h9-10,15,23H,7-8,11-14,16H2,1-6H3. The Bertz CT molecular complexity index is 915. The lowest BCUT2D eigenvalue weighted by Gasteiger charge is -2.35. The second kappa shape index (κ2) is 10.5. The van der Waals surface area contributed by atoms with Crippen LogP contribution in [0.4, 0.5) is 10.5 Å². The van der Waals surface area contributed by atoms with Crippen LogP contribution < -0.4 is 5.32 Å². The zero-order valence-corrected chi connectivity index (χ0v) is 20.8. The summed E-state index contributed by atoms with van der Waals surface area (Å²) in [5.74, 6) is -0.109. The molecule has 1 saturated heterocycles. The summed E-state index contributed by atoms with van der Waals surface area (Å²) in [7, 11) is -3.59. The predicted octanol–water partition coefficient (Wildman–Crippen LogP) is 2.52. The molecule has 1 heterocycles. The molecule has 0 aliphatic carbocycles. The number of hydrogen-bond donors (Lipinski definition) is 1. The molecule has 0 saturated carbocycles. The van der Waals surface area contributed by atoms with E-state index in [9.17, 15) is 18.0 Å². The van der Waals surface area contributed by atoms with Crippen LogP contribution in [0.25, 0.3) is 0 Å². The number of benzene rings is 1. The largest absolute Gasteiger partial charge is 0.444 e. The number of nitrogens with one attached hydrogen (secondary N) is 1. The summed E-state index contributed by atoms with van der Waals surface area (Å²) in [6.07, 6.45) is -0.371. The lowest BCUT2D eigenvalue weighted by Crippen LogP contribution is -2.52. The fraction of sp³-hybridized carbons (Fsp3) is 0.636. The molecule has 1 aliphatic heterocycles. The van der Waals surface area contributed by atoms with Gasteiger partial charge in [-0.15, -0.1) is 0 Å². The molecule has 0 spiro atoms. The van der Waals surface area contributed by atoms with Crippen LogP contribution in [-0.2, 0) is 19.6 Å². The number of carbonyl (C=O) groups is 2. The highest BCUT2D eigenvalue weighted by Crippen LogP contribution is 2.23. The molecule has 0 unspecified atom stereocenters. The van der Waals surface area contributed by atoms with Crippen LogP contribution in [0.5, 0.6) is 0 Å². The maximum absolute atomic E-state index is 12.9. The summed E-state index contributed by atoms with van der Waals surface area (Å²) >= 11 is 0. The number of hydrogen-bond acceptors (Lipinski definition) is 6. The van der Waals surface area contributed by atoms with Crippen LogP contribution in [0.1, 0.15) is 40.2 Å². The first kappa shape index (κ1) is 25.9. The van der Waals surface area contributed by atoms with Gasteiger partial charge in [-0.25, -0.2) is 13.2 Å². The zero-order chi connectivity index (χ0) is 24.1. The van der Waals surface area contributed by atoms with E-state index in [1.165, 1.54) is 4.31 Å². The van der Waals surface area contributed by atoms with Crippen molar-refractivity contribution in [2.75, 3.05) is 51.1 Å². The number of anilines is 1. The Morgan fingerprint density at radius 3 is 2.16 bits per heavy atom. The van der Waals surface area contributed by atoms with Gasteiger partial charge in [0.1, 0.15) is 5.60 Å². The van der Waals surface area contributed by atoms with Gasteiger partial charge < -0.3 is 19.9 Å². The van der Waals surface area contributed by atoms with E-state index in [4.69, 9.17) is 4.74 Å². The summed E-state index contributed by atoms with van der Waals surface area (Å²) in [5.41, 5.74) is 0.675. The number of aryl methyl sites for hydroxylation is 1. The van der Waals surface area contributed by atoms with Crippen molar-refractivity contribution >= 4 is 27.7 Å². The molecule has 1 aromatic carbocycles. The number of sulfonamides is 1. The molecule has 0 aromatic heterocycles.